The second kappa shape index (κ2) is 7.19. The number of amides is 1. The molecule has 1 aliphatic heterocycles. The van der Waals surface area contributed by atoms with E-state index in [4.69, 9.17) is 4.42 Å². The molecule has 1 saturated heterocycles. The number of nitrogens with zero attached hydrogens (tertiary/aromatic N) is 3. The molecule has 0 aliphatic carbocycles. The minimum Gasteiger partial charge on any atom is -0.451 e. The first-order chi connectivity index (χ1) is 13.1. The van der Waals surface area contributed by atoms with Crippen LogP contribution >= 0.6 is 0 Å². The largest absolute Gasteiger partial charge is 0.451 e. The van der Waals surface area contributed by atoms with Crippen molar-refractivity contribution in [2.75, 3.05) is 18.0 Å². The fraction of sp³-hybridized carbons (Fsp3) is 0.300. The predicted octanol–water partition coefficient (Wildman–Crippen LogP) is 2.29. The molecule has 0 spiro atoms. The lowest BCUT2D eigenvalue weighted by molar-refractivity contribution is 0.0905. The first kappa shape index (κ1) is 17.2. The fourth-order valence-corrected chi connectivity index (χ4v) is 3.36. The molecule has 2 aromatic heterocycles. The monoisotopic (exact) mass is 364 g/mol. The van der Waals surface area contributed by atoms with Crippen LogP contribution in [0.4, 0.5) is 5.95 Å². The lowest BCUT2D eigenvalue weighted by Gasteiger charge is -2.32. The van der Waals surface area contributed by atoms with Crippen molar-refractivity contribution in [3.63, 3.8) is 0 Å². The summed E-state index contributed by atoms with van der Waals surface area (Å²) >= 11 is 0. The number of carbonyl (C=O) groups is 1. The van der Waals surface area contributed by atoms with E-state index in [9.17, 15) is 9.59 Å². The highest BCUT2D eigenvalue weighted by molar-refractivity contribution is 5.93. The lowest BCUT2D eigenvalue weighted by Crippen LogP contribution is -2.48. The van der Waals surface area contributed by atoms with Crippen molar-refractivity contribution < 1.29 is 9.21 Å². The minimum absolute atomic E-state index is 0.0335. The Morgan fingerprint density at radius 1 is 1.26 bits per heavy atom. The first-order valence-corrected chi connectivity index (χ1v) is 8.97. The van der Waals surface area contributed by atoms with Crippen molar-refractivity contribution in [2.24, 2.45) is 0 Å². The van der Waals surface area contributed by atoms with E-state index in [0.29, 0.717) is 23.5 Å². The normalized spacial score (nSPS) is 17.1. The van der Waals surface area contributed by atoms with Gasteiger partial charge in [-0.3, -0.25) is 9.59 Å². The van der Waals surface area contributed by atoms with E-state index in [1.807, 2.05) is 17.9 Å². The summed E-state index contributed by atoms with van der Waals surface area (Å²) < 4.78 is 5.69. The molecule has 3 aromatic rings. The van der Waals surface area contributed by atoms with Crippen LogP contribution in [-0.2, 0) is 0 Å². The summed E-state index contributed by atoms with van der Waals surface area (Å²) in [6.07, 6.45) is 5.18. The fourth-order valence-electron chi connectivity index (χ4n) is 3.36. The van der Waals surface area contributed by atoms with Crippen LogP contribution in [0.15, 0.2) is 51.9 Å². The highest BCUT2D eigenvalue weighted by atomic mass is 16.3. The maximum Gasteiger partial charge on any atom is 0.287 e. The predicted molar refractivity (Wildman–Crippen MR) is 102 cm³/mol. The van der Waals surface area contributed by atoms with Gasteiger partial charge in [0.15, 0.2) is 11.2 Å². The zero-order chi connectivity index (χ0) is 18.8. The number of rotatable bonds is 3. The van der Waals surface area contributed by atoms with Gasteiger partial charge in [-0.05, 0) is 43.5 Å². The van der Waals surface area contributed by atoms with E-state index < -0.39 is 0 Å². The summed E-state index contributed by atoms with van der Waals surface area (Å²) in [6, 6.07) is 8.30. The van der Waals surface area contributed by atoms with Gasteiger partial charge in [0.25, 0.3) is 5.91 Å². The van der Waals surface area contributed by atoms with Gasteiger partial charge in [-0.1, -0.05) is 6.07 Å². The van der Waals surface area contributed by atoms with Crippen molar-refractivity contribution in [3.05, 3.63) is 64.3 Å². The van der Waals surface area contributed by atoms with Crippen LogP contribution in [0.5, 0.6) is 0 Å². The van der Waals surface area contributed by atoms with Gasteiger partial charge in [0.05, 0.1) is 5.39 Å². The number of aromatic nitrogens is 2. The number of hydrogen-bond donors (Lipinski definition) is 1. The van der Waals surface area contributed by atoms with E-state index in [-0.39, 0.29) is 23.1 Å². The Morgan fingerprint density at radius 3 is 2.89 bits per heavy atom. The molecule has 1 atom stereocenters. The summed E-state index contributed by atoms with van der Waals surface area (Å²) in [5.74, 6) is 0.312. The van der Waals surface area contributed by atoms with Crippen LogP contribution in [0.25, 0.3) is 11.0 Å². The highest BCUT2D eigenvalue weighted by Crippen LogP contribution is 2.17. The van der Waals surface area contributed by atoms with Crippen LogP contribution in [0.2, 0.25) is 0 Å². The summed E-state index contributed by atoms with van der Waals surface area (Å²) in [5, 5.41) is 3.45. The molecule has 7 heteroatoms. The standard InChI is InChI=1S/C20H20N4O3/c1-13-5-6-15-16(25)11-18(27-17(15)10-13)19(26)23-14-4-2-9-24(12-14)20-21-7-3-8-22-20/h3,5-8,10-11,14H,2,4,9,12H2,1H3,(H,23,26)/t14-/m0/s1. The minimum atomic E-state index is -0.378. The van der Waals surface area contributed by atoms with Crippen molar-refractivity contribution in [3.8, 4) is 0 Å². The van der Waals surface area contributed by atoms with Crippen LogP contribution in [0, 0.1) is 6.92 Å². The molecule has 1 fully saturated rings. The summed E-state index contributed by atoms with van der Waals surface area (Å²) in [4.78, 5) is 35.5. The Balaban J connectivity index is 1.52. The Bertz CT molecular complexity index is 1030. The number of piperidine rings is 1. The average Bonchev–Trinajstić information content (AvgIpc) is 2.68. The molecule has 0 bridgehead atoms. The Hall–Kier alpha value is -3.22. The SMILES string of the molecule is Cc1ccc2c(=O)cc(C(=O)N[C@H]3CCCN(c4ncccn4)C3)oc2c1. The maximum absolute atomic E-state index is 12.6. The third-order valence-electron chi connectivity index (χ3n) is 4.70. The highest BCUT2D eigenvalue weighted by Gasteiger charge is 2.24. The van der Waals surface area contributed by atoms with Crippen LogP contribution in [0.3, 0.4) is 0 Å². The van der Waals surface area contributed by atoms with E-state index in [2.05, 4.69) is 15.3 Å². The quantitative estimate of drug-likeness (QED) is 0.767. The van der Waals surface area contributed by atoms with E-state index in [0.717, 1.165) is 24.9 Å². The van der Waals surface area contributed by atoms with Crippen molar-refractivity contribution >= 4 is 22.8 Å². The van der Waals surface area contributed by atoms with Gasteiger partial charge >= 0.3 is 0 Å². The lowest BCUT2D eigenvalue weighted by atomic mass is 10.1. The third kappa shape index (κ3) is 3.67. The first-order valence-electron chi connectivity index (χ1n) is 8.97. The molecule has 0 unspecified atom stereocenters. The van der Waals surface area contributed by atoms with Gasteiger partial charge < -0.3 is 14.6 Å². The molecule has 1 N–H and O–H groups in total. The number of nitrogens with one attached hydrogen (secondary N) is 1. The number of benzene rings is 1. The number of fused-ring (bicyclic) bond motifs is 1. The van der Waals surface area contributed by atoms with Crippen LogP contribution < -0.4 is 15.6 Å². The Morgan fingerprint density at radius 2 is 2.07 bits per heavy atom. The molecule has 1 aromatic carbocycles. The molecule has 0 radical (unpaired) electrons. The molecule has 27 heavy (non-hydrogen) atoms. The van der Waals surface area contributed by atoms with Gasteiger partial charge in [-0.15, -0.1) is 0 Å². The molecular formula is C20H20N4O3. The van der Waals surface area contributed by atoms with Gasteiger partial charge in [0.2, 0.25) is 5.95 Å². The zero-order valence-corrected chi connectivity index (χ0v) is 15.0. The molecular weight excluding hydrogens is 344 g/mol. The van der Waals surface area contributed by atoms with Crippen molar-refractivity contribution in [2.45, 2.75) is 25.8 Å². The smallest absolute Gasteiger partial charge is 0.287 e. The molecule has 1 aliphatic rings. The molecule has 0 saturated carbocycles. The Kier molecular flexibility index (Phi) is 4.58. The zero-order valence-electron chi connectivity index (χ0n) is 15.0. The average molecular weight is 364 g/mol. The van der Waals surface area contributed by atoms with Gasteiger partial charge in [0, 0.05) is 37.6 Å². The summed E-state index contributed by atoms with van der Waals surface area (Å²) in [7, 11) is 0. The number of anilines is 1. The van der Waals surface area contributed by atoms with E-state index in [1.54, 1.807) is 30.6 Å². The third-order valence-corrected chi connectivity index (χ3v) is 4.70. The molecule has 1 amide bonds. The molecule has 138 valence electrons. The van der Waals surface area contributed by atoms with Crippen LogP contribution in [-0.4, -0.2) is 35.0 Å². The number of hydrogen-bond acceptors (Lipinski definition) is 6. The van der Waals surface area contributed by atoms with Crippen molar-refractivity contribution in [1.82, 2.24) is 15.3 Å². The van der Waals surface area contributed by atoms with Gasteiger partial charge in [-0.2, -0.15) is 0 Å². The second-order valence-electron chi connectivity index (χ2n) is 6.78. The van der Waals surface area contributed by atoms with Gasteiger partial charge in [0.1, 0.15) is 5.58 Å². The van der Waals surface area contributed by atoms with Gasteiger partial charge in [-0.25, -0.2) is 9.97 Å². The topological polar surface area (TPSA) is 88.3 Å². The maximum atomic E-state index is 12.6. The van der Waals surface area contributed by atoms with E-state index in [1.165, 1.54) is 6.07 Å². The molecule has 3 heterocycles. The summed E-state index contributed by atoms with van der Waals surface area (Å²) in [5.41, 5.74) is 1.17. The van der Waals surface area contributed by atoms with Crippen molar-refractivity contribution in [1.29, 1.82) is 0 Å². The Labute approximate surface area is 156 Å². The molecule has 4 rings (SSSR count). The number of aryl methyl sites for hydroxylation is 1. The van der Waals surface area contributed by atoms with Crippen LogP contribution in [0.1, 0.15) is 29.0 Å². The number of carbonyl (C=O) groups excluding carboxylic acids is 1. The second-order valence-corrected chi connectivity index (χ2v) is 6.78. The molecule has 7 nitrogen and oxygen atoms in total. The summed E-state index contributed by atoms with van der Waals surface area (Å²) in [6.45, 7) is 3.38. The van der Waals surface area contributed by atoms with E-state index >= 15 is 0 Å².